The summed E-state index contributed by atoms with van der Waals surface area (Å²) >= 11 is 0. The van der Waals surface area contributed by atoms with Crippen molar-refractivity contribution in [2.24, 2.45) is 50.7 Å². The Hall–Kier alpha value is -1.35. The second-order valence-corrected chi connectivity index (χ2v) is 20.4. The number of carbonyl (C=O) groups is 1. The normalized spacial score (nSPS) is 56.9. The Bertz CT molecular complexity index is 1570. The van der Waals surface area contributed by atoms with Crippen LogP contribution >= 0.6 is 0 Å². The van der Waals surface area contributed by atoms with Crippen molar-refractivity contribution in [2.45, 2.75) is 172 Å². The summed E-state index contributed by atoms with van der Waals surface area (Å²) in [5, 5.41) is 119. The Morgan fingerprint density at radius 3 is 2.03 bits per heavy atom. The average Bonchev–Trinajstić information content (AvgIpc) is 3.18. The van der Waals surface area contributed by atoms with Crippen LogP contribution in [0.4, 0.5) is 0 Å². The molecule has 0 bridgehead atoms. The predicted octanol–water partition coefficient (Wildman–Crippen LogP) is -0.770. The number of aliphatic hydroxyl groups is 11. The van der Waals surface area contributed by atoms with Gasteiger partial charge in [-0.3, -0.25) is 4.79 Å². The van der Waals surface area contributed by atoms with Gasteiger partial charge in [0.05, 0.1) is 43.0 Å². The molecule has 0 aromatic heterocycles. The summed E-state index contributed by atoms with van der Waals surface area (Å²) in [5.41, 5.74) is -3.78. The van der Waals surface area contributed by atoms with Crippen LogP contribution in [-0.4, -0.2) is 161 Å². The van der Waals surface area contributed by atoms with Crippen LogP contribution in [0.5, 0.6) is 0 Å². The minimum Gasteiger partial charge on any atom is -0.432 e. The third kappa shape index (κ3) is 6.25. The number of aliphatic hydroxyl groups excluding tert-OH is 10. The van der Waals surface area contributed by atoms with E-state index in [0.717, 1.165) is 18.4 Å². The number of allylic oxidation sites excluding steroid dienone is 1. The van der Waals surface area contributed by atoms with Gasteiger partial charge in [0.1, 0.15) is 48.8 Å². The Kier molecular flexibility index (Phi) is 11.7. The summed E-state index contributed by atoms with van der Waals surface area (Å²) in [4.78, 5) is 14.9. The fraction of sp³-hybridized carbons (Fsp3) is 0.929. The molecule has 332 valence electrons. The lowest BCUT2D eigenvalue weighted by Gasteiger charge is -2.72. The standard InChI is InChI=1S/C42H68O16/c1-19-9-12-42(36(53)58-35-31(51)29(49)27(47)23(57-35)17-55-34-30(50)28(48)26(46)22(16-43)56-34)14-13-39(4)20(32(42)41(19,6)54)7-8-25-37(2)15-21(45)33(52)38(3,18-44)24(37)10-11-40(25,39)5/h7,19,21-35,43-52,54H,8-18H2,1-6H3/t19-,21-,22-,23-,24-,25-,26-,27-,28+,29+,30-,31-,32-,33-,34-,35+,37+,38+,39-,40-,41-,42+/m1/s1. The molecule has 16 heteroatoms. The minimum atomic E-state index is -1.87. The van der Waals surface area contributed by atoms with Crippen molar-refractivity contribution in [1.82, 2.24) is 0 Å². The van der Waals surface area contributed by atoms with Gasteiger partial charge in [-0.25, -0.2) is 0 Å². The molecule has 4 saturated carbocycles. The van der Waals surface area contributed by atoms with Crippen LogP contribution < -0.4 is 0 Å². The number of hydrogen-bond donors (Lipinski definition) is 11. The first kappa shape index (κ1) is 44.7. The molecular weight excluding hydrogens is 760 g/mol. The number of fused-ring (bicyclic) bond motifs is 7. The predicted molar refractivity (Wildman–Crippen MR) is 202 cm³/mol. The van der Waals surface area contributed by atoms with Crippen LogP contribution in [0.3, 0.4) is 0 Å². The molecule has 0 spiro atoms. The molecule has 0 amide bonds. The molecule has 5 aliphatic carbocycles. The van der Waals surface area contributed by atoms with E-state index in [2.05, 4.69) is 26.8 Å². The Morgan fingerprint density at radius 1 is 0.776 bits per heavy atom. The van der Waals surface area contributed by atoms with Crippen molar-refractivity contribution in [2.75, 3.05) is 19.8 Å². The van der Waals surface area contributed by atoms with Crippen LogP contribution in [0, 0.1) is 50.7 Å². The highest BCUT2D eigenvalue weighted by molar-refractivity contribution is 5.79. The first-order chi connectivity index (χ1) is 27.0. The molecule has 0 unspecified atom stereocenters. The molecule has 0 radical (unpaired) electrons. The second-order valence-electron chi connectivity index (χ2n) is 20.4. The maximum absolute atomic E-state index is 14.9. The summed E-state index contributed by atoms with van der Waals surface area (Å²) in [5.74, 6) is -1.59. The monoisotopic (exact) mass is 828 g/mol. The lowest BCUT2D eigenvalue weighted by atomic mass is 9.33. The Labute approximate surface area is 339 Å². The third-order valence-corrected chi connectivity index (χ3v) is 17.7. The van der Waals surface area contributed by atoms with Crippen molar-refractivity contribution in [3.05, 3.63) is 11.6 Å². The van der Waals surface area contributed by atoms with E-state index < -0.39 is 126 Å². The van der Waals surface area contributed by atoms with E-state index >= 15 is 0 Å². The molecular formula is C42H68O16. The van der Waals surface area contributed by atoms with Gasteiger partial charge >= 0.3 is 5.97 Å². The maximum Gasteiger partial charge on any atom is 0.315 e. The van der Waals surface area contributed by atoms with Crippen molar-refractivity contribution >= 4 is 5.97 Å². The molecule has 58 heavy (non-hydrogen) atoms. The molecule has 7 aliphatic rings. The van der Waals surface area contributed by atoms with Gasteiger partial charge < -0.3 is 75.1 Å². The van der Waals surface area contributed by atoms with Gasteiger partial charge in [-0.05, 0) is 92.3 Å². The summed E-state index contributed by atoms with van der Waals surface area (Å²) in [6.45, 7) is 10.8. The van der Waals surface area contributed by atoms with Crippen molar-refractivity contribution < 1.29 is 79.9 Å². The molecule has 2 aliphatic heterocycles. The fourth-order valence-electron chi connectivity index (χ4n) is 13.8. The van der Waals surface area contributed by atoms with Gasteiger partial charge in [-0.1, -0.05) is 46.3 Å². The number of carbonyl (C=O) groups excluding carboxylic acids is 1. The highest BCUT2D eigenvalue weighted by Crippen LogP contribution is 2.76. The molecule has 2 saturated heterocycles. The maximum atomic E-state index is 14.9. The highest BCUT2D eigenvalue weighted by atomic mass is 16.7. The van der Waals surface area contributed by atoms with Crippen LogP contribution in [0.1, 0.15) is 92.9 Å². The summed E-state index contributed by atoms with van der Waals surface area (Å²) in [7, 11) is 0. The summed E-state index contributed by atoms with van der Waals surface area (Å²) in [6.07, 6.45) is -12.2. The van der Waals surface area contributed by atoms with E-state index in [1.54, 1.807) is 6.92 Å². The number of rotatable bonds is 7. The zero-order chi connectivity index (χ0) is 42.7. The summed E-state index contributed by atoms with van der Waals surface area (Å²) < 4.78 is 22.8. The van der Waals surface area contributed by atoms with E-state index in [-0.39, 0.29) is 29.8 Å². The van der Waals surface area contributed by atoms with Crippen LogP contribution in [0.15, 0.2) is 11.6 Å². The first-order valence-electron chi connectivity index (χ1n) is 21.2. The van der Waals surface area contributed by atoms with Gasteiger partial charge in [-0.2, -0.15) is 0 Å². The Morgan fingerprint density at radius 2 is 1.40 bits per heavy atom. The Balaban J connectivity index is 1.16. The van der Waals surface area contributed by atoms with E-state index in [1.807, 2.05) is 13.8 Å². The average molecular weight is 829 g/mol. The van der Waals surface area contributed by atoms with Gasteiger partial charge in [0.15, 0.2) is 6.29 Å². The lowest BCUT2D eigenvalue weighted by molar-refractivity contribution is -0.329. The minimum absolute atomic E-state index is 0.0438. The first-order valence-corrected chi connectivity index (χ1v) is 21.2. The molecule has 2 heterocycles. The van der Waals surface area contributed by atoms with Gasteiger partial charge in [0, 0.05) is 11.3 Å². The summed E-state index contributed by atoms with van der Waals surface area (Å²) in [6, 6.07) is 0. The van der Waals surface area contributed by atoms with Crippen molar-refractivity contribution in [1.29, 1.82) is 0 Å². The molecule has 22 atom stereocenters. The SMILES string of the molecule is C[C@@H]1CC[C@]2(C(=O)O[C@@H]3O[C@H](CO[C@@H]4O[C@H](CO)[C@@H](O)[C@H](O)[C@H]4O)[C@@H](O)[C@H](O)[C@H]3O)CC[C@]3(C)C(=CC[C@@H]4[C@@]5(C)C[C@@H](O)[C@@H](O)[C@@](C)(CO)[C@@H]5CC[C@]43C)[C@@H]2[C@]1(C)O. The molecule has 16 nitrogen and oxygen atoms in total. The number of ether oxygens (including phenoxy) is 4. The largest absolute Gasteiger partial charge is 0.432 e. The van der Waals surface area contributed by atoms with E-state index in [4.69, 9.17) is 18.9 Å². The molecule has 6 fully saturated rings. The lowest BCUT2D eigenvalue weighted by Crippen LogP contribution is -2.69. The van der Waals surface area contributed by atoms with Gasteiger partial charge in [-0.15, -0.1) is 0 Å². The number of esters is 1. The fourth-order valence-corrected chi connectivity index (χ4v) is 13.8. The second kappa shape index (κ2) is 15.2. The zero-order valence-corrected chi connectivity index (χ0v) is 34.6. The quantitative estimate of drug-likeness (QED) is 0.111. The molecule has 11 N–H and O–H groups in total. The van der Waals surface area contributed by atoms with Gasteiger partial charge in [0.2, 0.25) is 6.29 Å². The number of hydrogen-bond acceptors (Lipinski definition) is 16. The van der Waals surface area contributed by atoms with E-state index in [1.165, 1.54) is 0 Å². The van der Waals surface area contributed by atoms with Crippen LogP contribution in [-0.2, 0) is 23.7 Å². The molecule has 0 aromatic carbocycles. The third-order valence-electron chi connectivity index (χ3n) is 17.7. The van der Waals surface area contributed by atoms with Crippen molar-refractivity contribution in [3.8, 4) is 0 Å². The molecule has 7 rings (SSSR count). The van der Waals surface area contributed by atoms with Crippen molar-refractivity contribution in [3.63, 3.8) is 0 Å². The zero-order valence-electron chi connectivity index (χ0n) is 34.6. The molecule has 0 aromatic rings. The van der Waals surface area contributed by atoms with Crippen LogP contribution in [0.2, 0.25) is 0 Å². The van der Waals surface area contributed by atoms with E-state index in [9.17, 15) is 61.0 Å². The van der Waals surface area contributed by atoms with Crippen LogP contribution in [0.25, 0.3) is 0 Å². The smallest absolute Gasteiger partial charge is 0.315 e. The topological polar surface area (TPSA) is 277 Å². The highest BCUT2D eigenvalue weighted by Gasteiger charge is 2.72. The van der Waals surface area contributed by atoms with E-state index in [0.29, 0.717) is 38.5 Å². The van der Waals surface area contributed by atoms with Gasteiger partial charge in [0.25, 0.3) is 0 Å².